The number of aromatic nitrogens is 2. The Kier molecular flexibility index (Phi) is 3.79. The molecular weight excluding hydrogens is 180 g/mol. The van der Waals surface area contributed by atoms with Crippen LogP contribution < -0.4 is 11.1 Å². The first kappa shape index (κ1) is 10.9. The normalized spacial score (nSPS) is 14.9. The van der Waals surface area contributed by atoms with Gasteiger partial charge in [0.05, 0.1) is 12.3 Å². The van der Waals surface area contributed by atoms with Crippen LogP contribution in [0.5, 0.6) is 0 Å². The van der Waals surface area contributed by atoms with E-state index in [0.717, 1.165) is 5.56 Å². The monoisotopic (exact) mass is 196 g/mol. The number of aryl methyl sites for hydroxylation is 1. The predicted molar refractivity (Wildman–Crippen MR) is 54.9 cm³/mol. The number of hydrogen-bond donors (Lipinski definition) is 3. The van der Waals surface area contributed by atoms with E-state index in [4.69, 9.17) is 10.8 Å². The zero-order valence-corrected chi connectivity index (χ0v) is 8.44. The number of aliphatic hydroxyl groups excluding tert-OH is 1. The van der Waals surface area contributed by atoms with Crippen LogP contribution in [0.2, 0.25) is 0 Å². The molecule has 0 aliphatic carbocycles. The van der Waals surface area contributed by atoms with Crippen molar-refractivity contribution in [3.63, 3.8) is 0 Å². The van der Waals surface area contributed by atoms with Gasteiger partial charge in [-0.05, 0) is 25.5 Å². The van der Waals surface area contributed by atoms with Gasteiger partial charge in [-0.15, -0.1) is 5.10 Å². The molecule has 1 rings (SSSR count). The van der Waals surface area contributed by atoms with E-state index in [1.807, 2.05) is 13.0 Å². The Bertz CT molecular complexity index is 290. The molecule has 1 aromatic heterocycles. The second-order valence-corrected chi connectivity index (χ2v) is 3.40. The summed E-state index contributed by atoms with van der Waals surface area (Å²) in [5, 5.41) is 19.8. The molecule has 0 aliphatic heterocycles. The van der Waals surface area contributed by atoms with Crippen molar-refractivity contribution in [1.82, 2.24) is 10.2 Å². The van der Waals surface area contributed by atoms with E-state index in [-0.39, 0.29) is 6.04 Å². The molecule has 0 aliphatic rings. The fourth-order valence-electron chi connectivity index (χ4n) is 0.943. The first-order chi connectivity index (χ1) is 6.59. The zero-order chi connectivity index (χ0) is 10.6. The lowest BCUT2D eigenvalue weighted by Gasteiger charge is -2.15. The average Bonchev–Trinajstić information content (AvgIpc) is 2.14. The second-order valence-electron chi connectivity index (χ2n) is 3.40. The molecule has 0 fully saturated rings. The Morgan fingerprint density at radius 3 is 2.93 bits per heavy atom. The van der Waals surface area contributed by atoms with Crippen molar-refractivity contribution < 1.29 is 5.11 Å². The summed E-state index contributed by atoms with van der Waals surface area (Å²) < 4.78 is 0. The first-order valence-electron chi connectivity index (χ1n) is 4.56. The molecule has 2 atom stereocenters. The maximum Gasteiger partial charge on any atom is 0.148 e. The summed E-state index contributed by atoms with van der Waals surface area (Å²) in [6, 6.07) is 1.58. The number of nitrogens with two attached hydrogens (primary N) is 1. The summed E-state index contributed by atoms with van der Waals surface area (Å²) in [6.45, 7) is 4.08. The van der Waals surface area contributed by atoms with E-state index in [0.29, 0.717) is 12.4 Å². The van der Waals surface area contributed by atoms with Gasteiger partial charge in [-0.1, -0.05) is 0 Å². The summed E-state index contributed by atoms with van der Waals surface area (Å²) in [4.78, 5) is 0. The van der Waals surface area contributed by atoms with Crippen LogP contribution in [0, 0.1) is 6.92 Å². The van der Waals surface area contributed by atoms with Crippen LogP contribution in [0.3, 0.4) is 0 Å². The maximum absolute atomic E-state index is 9.15. The molecule has 1 aromatic rings. The summed E-state index contributed by atoms with van der Waals surface area (Å²) in [7, 11) is 0. The highest BCUT2D eigenvalue weighted by Crippen LogP contribution is 2.03. The van der Waals surface area contributed by atoms with Gasteiger partial charge in [0.15, 0.2) is 0 Å². The molecular formula is C9H16N4O. The zero-order valence-electron chi connectivity index (χ0n) is 8.44. The van der Waals surface area contributed by atoms with Crippen LogP contribution >= 0.6 is 0 Å². The highest BCUT2D eigenvalue weighted by atomic mass is 16.3. The molecule has 4 N–H and O–H groups in total. The molecule has 0 radical (unpaired) electrons. The highest BCUT2D eigenvalue weighted by Gasteiger charge is 2.08. The van der Waals surface area contributed by atoms with E-state index in [1.54, 1.807) is 13.1 Å². The summed E-state index contributed by atoms with van der Waals surface area (Å²) in [5.74, 6) is 0.682. The fourth-order valence-corrected chi connectivity index (χ4v) is 0.943. The number of aliphatic hydroxyl groups is 1. The smallest absolute Gasteiger partial charge is 0.148 e. The first-order valence-corrected chi connectivity index (χ1v) is 4.56. The molecule has 1 heterocycles. The van der Waals surface area contributed by atoms with Crippen molar-refractivity contribution >= 4 is 5.82 Å². The fraction of sp³-hybridized carbons (Fsp3) is 0.556. The molecule has 78 valence electrons. The quantitative estimate of drug-likeness (QED) is 0.626. The summed E-state index contributed by atoms with van der Waals surface area (Å²) in [6.07, 6.45) is 1.15. The van der Waals surface area contributed by atoms with Crippen LogP contribution in [0.15, 0.2) is 12.3 Å². The van der Waals surface area contributed by atoms with Crippen molar-refractivity contribution in [3.8, 4) is 0 Å². The summed E-state index contributed by atoms with van der Waals surface area (Å²) >= 11 is 0. The molecule has 0 spiro atoms. The Balaban J connectivity index is 2.45. The number of nitrogens with zero attached hydrogens (tertiary/aromatic N) is 2. The molecule has 2 unspecified atom stereocenters. The number of anilines is 1. The third-order valence-electron chi connectivity index (χ3n) is 1.93. The molecule has 0 bridgehead atoms. The van der Waals surface area contributed by atoms with Crippen molar-refractivity contribution in [2.24, 2.45) is 5.73 Å². The number of hydrogen-bond acceptors (Lipinski definition) is 5. The second kappa shape index (κ2) is 4.88. The Morgan fingerprint density at radius 2 is 2.36 bits per heavy atom. The molecule has 14 heavy (non-hydrogen) atoms. The van der Waals surface area contributed by atoms with Gasteiger partial charge >= 0.3 is 0 Å². The molecule has 0 amide bonds. The lowest BCUT2D eigenvalue weighted by Crippen LogP contribution is -2.38. The highest BCUT2D eigenvalue weighted by molar-refractivity contribution is 5.35. The van der Waals surface area contributed by atoms with E-state index >= 15 is 0 Å². The lowest BCUT2D eigenvalue weighted by atomic mass is 10.2. The van der Waals surface area contributed by atoms with Crippen LogP contribution in [-0.4, -0.2) is 34.0 Å². The van der Waals surface area contributed by atoms with E-state index in [1.165, 1.54) is 0 Å². The Labute approximate surface area is 83.3 Å². The molecule has 0 saturated heterocycles. The maximum atomic E-state index is 9.15. The van der Waals surface area contributed by atoms with Gasteiger partial charge in [0.25, 0.3) is 0 Å². The van der Waals surface area contributed by atoms with Gasteiger partial charge in [-0.2, -0.15) is 5.10 Å². The third-order valence-corrected chi connectivity index (χ3v) is 1.93. The lowest BCUT2D eigenvalue weighted by molar-refractivity contribution is 0.168. The minimum Gasteiger partial charge on any atom is -0.392 e. The topological polar surface area (TPSA) is 84.1 Å². The average molecular weight is 196 g/mol. The number of rotatable bonds is 4. The molecule has 0 aromatic carbocycles. The molecule has 5 heteroatoms. The van der Waals surface area contributed by atoms with Crippen molar-refractivity contribution in [2.75, 3.05) is 11.9 Å². The van der Waals surface area contributed by atoms with Gasteiger partial charge in [0.2, 0.25) is 0 Å². The SMILES string of the molecule is Cc1cnnc(NCC(N)C(C)O)c1. The standard InChI is InChI=1S/C9H16N4O/c1-6-3-9(13-12-4-6)11-5-8(10)7(2)14/h3-4,7-8,14H,5,10H2,1-2H3,(H,11,13). The number of nitrogens with one attached hydrogen (secondary N) is 1. The summed E-state index contributed by atoms with van der Waals surface area (Å²) in [5.41, 5.74) is 6.68. The Hall–Kier alpha value is -1.20. The van der Waals surface area contributed by atoms with Crippen LogP contribution in [0.4, 0.5) is 5.82 Å². The van der Waals surface area contributed by atoms with Gasteiger partial charge in [-0.25, -0.2) is 0 Å². The van der Waals surface area contributed by atoms with Crippen LogP contribution in [0.1, 0.15) is 12.5 Å². The van der Waals surface area contributed by atoms with Crippen molar-refractivity contribution in [1.29, 1.82) is 0 Å². The van der Waals surface area contributed by atoms with Gasteiger partial charge in [0.1, 0.15) is 5.82 Å². The minimum absolute atomic E-state index is 0.294. The minimum atomic E-state index is -0.528. The van der Waals surface area contributed by atoms with Crippen molar-refractivity contribution in [3.05, 3.63) is 17.8 Å². The van der Waals surface area contributed by atoms with E-state index < -0.39 is 6.10 Å². The molecule has 0 saturated carbocycles. The van der Waals surface area contributed by atoms with Gasteiger partial charge < -0.3 is 16.2 Å². The van der Waals surface area contributed by atoms with Gasteiger partial charge in [0, 0.05) is 12.6 Å². The van der Waals surface area contributed by atoms with Crippen LogP contribution in [0.25, 0.3) is 0 Å². The van der Waals surface area contributed by atoms with Crippen LogP contribution in [-0.2, 0) is 0 Å². The van der Waals surface area contributed by atoms with E-state index in [9.17, 15) is 0 Å². The van der Waals surface area contributed by atoms with Gasteiger partial charge in [-0.3, -0.25) is 0 Å². The largest absolute Gasteiger partial charge is 0.392 e. The van der Waals surface area contributed by atoms with E-state index in [2.05, 4.69) is 15.5 Å². The van der Waals surface area contributed by atoms with Crippen molar-refractivity contribution in [2.45, 2.75) is 26.0 Å². The third kappa shape index (κ3) is 3.27. The molecule has 5 nitrogen and oxygen atoms in total. The Morgan fingerprint density at radius 1 is 1.64 bits per heavy atom. The predicted octanol–water partition coefficient (Wildman–Crippen LogP) is -0.0950.